The lowest BCUT2D eigenvalue weighted by Gasteiger charge is -1.99. The number of unbranched alkanes of at least 4 members (excludes halogenated alkanes) is 2. The van der Waals surface area contributed by atoms with Crippen LogP contribution < -0.4 is 0 Å². The number of aromatic amines is 1. The van der Waals surface area contributed by atoms with Gasteiger partial charge in [0, 0.05) is 11.3 Å². The van der Waals surface area contributed by atoms with Crippen molar-refractivity contribution in [2.45, 2.75) is 39.0 Å². The van der Waals surface area contributed by atoms with E-state index in [-0.39, 0.29) is 6.42 Å². The second-order valence-electron chi connectivity index (χ2n) is 3.49. The molecule has 0 radical (unpaired) electrons. The van der Waals surface area contributed by atoms with E-state index in [1.54, 1.807) is 0 Å². The van der Waals surface area contributed by atoms with Crippen molar-refractivity contribution in [3.63, 3.8) is 0 Å². The van der Waals surface area contributed by atoms with E-state index in [9.17, 15) is 8.78 Å². The van der Waals surface area contributed by atoms with Crippen LogP contribution in [0, 0.1) is 5.95 Å². The second-order valence-corrected chi connectivity index (χ2v) is 3.49. The third-order valence-corrected chi connectivity index (χ3v) is 2.34. The molecule has 0 aromatic carbocycles. The summed E-state index contributed by atoms with van der Waals surface area (Å²) in [6.45, 7) is 2.11. The number of hydrogen-bond donors (Lipinski definition) is 1. The van der Waals surface area contributed by atoms with E-state index in [1.165, 1.54) is 6.08 Å². The van der Waals surface area contributed by atoms with Crippen LogP contribution in [0.15, 0.2) is 12.4 Å². The Kier molecular flexibility index (Phi) is 5.01. The van der Waals surface area contributed by atoms with Crippen molar-refractivity contribution < 1.29 is 8.78 Å². The van der Waals surface area contributed by atoms with Gasteiger partial charge in [-0.25, -0.2) is 4.39 Å². The molecular weight excluding hydrogens is 198 g/mol. The third-order valence-electron chi connectivity index (χ3n) is 2.34. The van der Waals surface area contributed by atoms with Gasteiger partial charge in [0.25, 0.3) is 0 Å². The van der Waals surface area contributed by atoms with E-state index >= 15 is 0 Å². The SMILES string of the molecule is CCCCCc1[nH]nc(F)c1CC=CF. The normalized spacial score (nSPS) is 11.4. The number of aryl methyl sites for hydroxylation is 1. The molecule has 4 heteroatoms. The number of aromatic nitrogens is 2. The van der Waals surface area contributed by atoms with Gasteiger partial charge in [0.15, 0.2) is 0 Å². The summed E-state index contributed by atoms with van der Waals surface area (Å²) in [7, 11) is 0. The van der Waals surface area contributed by atoms with Crippen molar-refractivity contribution in [2.24, 2.45) is 0 Å². The maximum absolute atomic E-state index is 13.1. The fourth-order valence-corrected chi connectivity index (χ4v) is 1.50. The molecule has 0 aliphatic rings. The Bertz CT molecular complexity index is 318. The van der Waals surface area contributed by atoms with Crippen LogP contribution >= 0.6 is 0 Å². The highest BCUT2D eigenvalue weighted by Gasteiger charge is 2.10. The van der Waals surface area contributed by atoms with Gasteiger partial charge in [-0.15, -0.1) is 5.10 Å². The van der Waals surface area contributed by atoms with Crippen LogP contribution in [0.4, 0.5) is 8.78 Å². The molecular formula is C11H16F2N2. The molecule has 0 saturated carbocycles. The average molecular weight is 214 g/mol. The fraction of sp³-hybridized carbons (Fsp3) is 0.545. The number of nitrogens with zero attached hydrogens (tertiary/aromatic N) is 1. The van der Waals surface area contributed by atoms with E-state index in [4.69, 9.17) is 0 Å². The summed E-state index contributed by atoms with van der Waals surface area (Å²) in [5, 5.41) is 6.16. The van der Waals surface area contributed by atoms with Crippen LogP contribution in [0.3, 0.4) is 0 Å². The van der Waals surface area contributed by atoms with Crippen molar-refractivity contribution in [2.75, 3.05) is 0 Å². The lowest BCUT2D eigenvalue weighted by atomic mass is 10.1. The molecule has 0 fully saturated rings. The third kappa shape index (κ3) is 3.46. The van der Waals surface area contributed by atoms with Gasteiger partial charge in [-0.3, -0.25) is 5.10 Å². The molecule has 0 aliphatic heterocycles. The molecule has 0 aliphatic carbocycles. The first kappa shape index (κ1) is 11.9. The Morgan fingerprint density at radius 2 is 2.20 bits per heavy atom. The minimum absolute atomic E-state index is 0.264. The Balaban J connectivity index is 2.61. The predicted octanol–water partition coefficient (Wildman–Crippen LogP) is 3.31. The number of H-pyrrole nitrogens is 1. The van der Waals surface area contributed by atoms with E-state index < -0.39 is 5.95 Å². The summed E-state index contributed by atoms with van der Waals surface area (Å²) in [5.41, 5.74) is 1.28. The Morgan fingerprint density at radius 3 is 2.87 bits per heavy atom. The number of nitrogens with one attached hydrogen (secondary N) is 1. The molecule has 0 spiro atoms. The quantitative estimate of drug-likeness (QED) is 0.723. The maximum Gasteiger partial charge on any atom is 0.236 e. The zero-order valence-electron chi connectivity index (χ0n) is 8.89. The summed E-state index contributed by atoms with van der Waals surface area (Å²) >= 11 is 0. The zero-order chi connectivity index (χ0) is 11.1. The van der Waals surface area contributed by atoms with E-state index in [0.717, 1.165) is 31.4 Å². The second kappa shape index (κ2) is 6.32. The summed E-state index contributed by atoms with van der Waals surface area (Å²) < 4.78 is 25.0. The molecule has 15 heavy (non-hydrogen) atoms. The van der Waals surface area contributed by atoms with E-state index in [1.807, 2.05) is 0 Å². The van der Waals surface area contributed by atoms with Crippen LogP contribution in [0.1, 0.15) is 37.4 Å². The molecule has 1 aromatic heterocycles. The van der Waals surface area contributed by atoms with E-state index in [0.29, 0.717) is 11.9 Å². The minimum Gasteiger partial charge on any atom is -0.279 e. The van der Waals surface area contributed by atoms with Gasteiger partial charge >= 0.3 is 0 Å². The van der Waals surface area contributed by atoms with Gasteiger partial charge in [-0.2, -0.15) is 4.39 Å². The molecule has 0 bridgehead atoms. The van der Waals surface area contributed by atoms with Gasteiger partial charge in [-0.1, -0.05) is 25.8 Å². The van der Waals surface area contributed by atoms with Crippen LogP contribution in [0.25, 0.3) is 0 Å². The van der Waals surface area contributed by atoms with Crippen molar-refractivity contribution in [1.29, 1.82) is 0 Å². The van der Waals surface area contributed by atoms with Gasteiger partial charge in [0.05, 0.1) is 6.33 Å². The minimum atomic E-state index is -0.514. The molecule has 1 heterocycles. The maximum atomic E-state index is 13.1. The van der Waals surface area contributed by atoms with Crippen LogP contribution in [0.5, 0.6) is 0 Å². The molecule has 1 rings (SSSR count). The molecule has 0 amide bonds. The molecule has 0 unspecified atom stereocenters. The summed E-state index contributed by atoms with van der Waals surface area (Å²) in [6, 6.07) is 0. The van der Waals surface area contributed by atoms with E-state index in [2.05, 4.69) is 17.1 Å². The zero-order valence-corrected chi connectivity index (χ0v) is 8.89. The highest BCUT2D eigenvalue weighted by Crippen LogP contribution is 2.14. The summed E-state index contributed by atoms with van der Waals surface area (Å²) in [5.74, 6) is -0.514. The molecule has 0 saturated heterocycles. The van der Waals surface area contributed by atoms with Gasteiger partial charge in [0.1, 0.15) is 0 Å². The van der Waals surface area contributed by atoms with Gasteiger partial charge in [-0.05, 0) is 19.3 Å². The Morgan fingerprint density at radius 1 is 1.40 bits per heavy atom. The monoisotopic (exact) mass is 214 g/mol. The van der Waals surface area contributed by atoms with Crippen LogP contribution in [-0.4, -0.2) is 10.2 Å². The number of rotatable bonds is 6. The highest BCUT2D eigenvalue weighted by atomic mass is 19.1. The number of hydrogen-bond acceptors (Lipinski definition) is 1. The fourth-order valence-electron chi connectivity index (χ4n) is 1.50. The largest absolute Gasteiger partial charge is 0.279 e. The molecule has 1 N–H and O–H groups in total. The standard InChI is InChI=1S/C11H16F2N2/c1-2-3-4-7-10-9(6-5-8-12)11(13)15-14-10/h5,8H,2-4,6-7H2,1H3,(H,14,15). The molecule has 2 nitrogen and oxygen atoms in total. The van der Waals surface area contributed by atoms with Crippen LogP contribution in [-0.2, 0) is 12.8 Å². The van der Waals surface area contributed by atoms with Crippen molar-refractivity contribution >= 4 is 0 Å². The average Bonchev–Trinajstić information content (AvgIpc) is 2.58. The molecule has 1 aromatic rings. The lowest BCUT2D eigenvalue weighted by molar-refractivity contribution is 0.569. The first-order chi connectivity index (χ1) is 7.29. The lowest BCUT2D eigenvalue weighted by Crippen LogP contribution is -1.93. The van der Waals surface area contributed by atoms with Crippen LogP contribution in [0.2, 0.25) is 0 Å². The number of halogens is 2. The molecule has 84 valence electrons. The smallest absolute Gasteiger partial charge is 0.236 e. The first-order valence-electron chi connectivity index (χ1n) is 5.26. The summed E-state index contributed by atoms with van der Waals surface area (Å²) in [4.78, 5) is 0. The Labute approximate surface area is 88.4 Å². The topological polar surface area (TPSA) is 28.7 Å². The van der Waals surface area contributed by atoms with Crippen molar-refractivity contribution in [3.05, 3.63) is 29.6 Å². The Hall–Kier alpha value is -1.19. The highest BCUT2D eigenvalue weighted by molar-refractivity contribution is 5.20. The molecule has 0 atom stereocenters. The van der Waals surface area contributed by atoms with Gasteiger partial charge < -0.3 is 0 Å². The van der Waals surface area contributed by atoms with Gasteiger partial charge in [0.2, 0.25) is 5.95 Å². The number of allylic oxidation sites excluding steroid dienone is 1. The first-order valence-corrected chi connectivity index (χ1v) is 5.26. The van der Waals surface area contributed by atoms with Crippen molar-refractivity contribution in [1.82, 2.24) is 10.2 Å². The summed E-state index contributed by atoms with van der Waals surface area (Å²) in [6.07, 6.45) is 6.00. The predicted molar refractivity (Wildman–Crippen MR) is 55.7 cm³/mol. The van der Waals surface area contributed by atoms with Crippen molar-refractivity contribution in [3.8, 4) is 0 Å².